The highest BCUT2D eigenvalue weighted by atomic mass is 79.9. The summed E-state index contributed by atoms with van der Waals surface area (Å²) in [6.45, 7) is 0.303. The minimum absolute atomic E-state index is 0.0757. The summed E-state index contributed by atoms with van der Waals surface area (Å²) in [6, 6.07) is 5.12. The van der Waals surface area contributed by atoms with Crippen LogP contribution < -0.4 is 5.73 Å². The van der Waals surface area contributed by atoms with Gasteiger partial charge in [0.2, 0.25) is 0 Å². The molecule has 0 aromatic heterocycles. The Morgan fingerprint density at radius 1 is 1.35 bits per heavy atom. The fourth-order valence-corrected chi connectivity index (χ4v) is 2.50. The minimum Gasteiger partial charge on any atom is -0.372 e. The summed E-state index contributed by atoms with van der Waals surface area (Å²) in [5.41, 5.74) is 6.57. The van der Waals surface area contributed by atoms with Crippen LogP contribution in [0.25, 0.3) is 0 Å². The predicted molar refractivity (Wildman–Crippen MR) is 69.1 cm³/mol. The maximum atomic E-state index is 13.6. The van der Waals surface area contributed by atoms with E-state index in [9.17, 15) is 4.39 Å². The third-order valence-electron chi connectivity index (χ3n) is 3.22. The zero-order valence-corrected chi connectivity index (χ0v) is 11.2. The molecule has 1 aliphatic carbocycles. The van der Waals surface area contributed by atoms with Gasteiger partial charge in [-0.05, 0) is 25.0 Å². The SMILES string of the molecule is NC1CCCCC1OCc1ccc(Br)cc1F. The fourth-order valence-electron chi connectivity index (χ4n) is 2.17. The summed E-state index contributed by atoms with van der Waals surface area (Å²) in [5, 5.41) is 0. The van der Waals surface area contributed by atoms with Gasteiger partial charge in [0.25, 0.3) is 0 Å². The summed E-state index contributed by atoms with van der Waals surface area (Å²) in [5.74, 6) is -0.233. The Hall–Kier alpha value is -0.450. The molecule has 0 saturated heterocycles. The Labute approximate surface area is 109 Å². The Balaban J connectivity index is 1.92. The van der Waals surface area contributed by atoms with E-state index in [2.05, 4.69) is 15.9 Å². The molecule has 2 nitrogen and oxygen atoms in total. The third kappa shape index (κ3) is 3.50. The van der Waals surface area contributed by atoms with Crippen LogP contribution in [-0.2, 0) is 11.3 Å². The van der Waals surface area contributed by atoms with Crippen LogP contribution in [0.2, 0.25) is 0 Å². The van der Waals surface area contributed by atoms with Gasteiger partial charge < -0.3 is 10.5 Å². The van der Waals surface area contributed by atoms with Crippen molar-refractivity contribution in [3.63, 3.8) is 0 Å². The van der Waals surface area contributed by atoms with Crippen LogP contribution in [0.5, 0.6) is 0 Å². The second-order valence-corrected chi connectivity index (χ2v) is 5.45. The Bertz CT molecular complexity index is 386. The highest BCUT2D eigenvalue weighted by molar-refractivity contribution is 9.10. The first-order valence-corrected chi connectivity index (χ1v) is 6.77. The lowest BCUT2D eigenvalue weighted by atomic mass is 9.93. The first kappa shape index (κ1) is 13.0. The van der Waals surface area contributed by atoms with E-state index < -0.39 is 0 Å². The van der Waals surface area contributed by atoms with E-state index in [1.807, 2.05) is 6.07 Å². The van der Waals surface area contributed by atoms with Crippen LogP contribution in [-0.4, -0.2) is 12.1 Å². The lowest BCUT2D eigenvalue weighted by Gasteiger charge is -2.28. The maximum absolute atomic E-state index is 13.6. The molecule has 4 heteroatoms. The summed E-state index contributed by atoms with van der Waals surface area (Å²) in [4.78, 5) is 0. The third-order valence-corrected chi connectivity index (χ3v) is 3.71. The van der Waals surface area contributed by atoms with Gasteiger partial charge in [0, 0.05) is 16.1 Å². The van der Waals surface area contributed by atoms with Crippen LogP contribution in [0.4, 0.5) is 4.39 Å². The highest BCUT2D eigenvalue weighted by Gasteiger charge is 2.22. The van der Waals surface area contributed by atoms with Crippen molar-refractivity contribution in [2.45, 2.75) is 44.4 Å². The molecule has 0 spiro atoms. The van der Waals surface area contributed by atoms with E-state index in [-0.39, 0.29) is 18.0 Å². The maximum Gasteiger partial charge on any atom is 0.129 e. The van der Waals surface area contributed by atoms with Crippen molar-refractivity contribution < 1.29 is 9.13 Å². The molecule has 0 radical (unpaired) electrons. The van der Waals surface area contributed by atoms with E-state index in [1.165, 1.54) is 12.5 Å². The van der Waals surface area contributed by atoms with Gasteiger partial charge in [-0.15, -0.1) is 0 Å². The van der Waals surface area contributed by atoms with E-state index in [0.29, 0.717) is 12.2 Å². The van der Waals surface area contributed by atoms with E-state index in [1.54, 1.807) is 6.07 Å². The Morgan fingerprint density at radius 3 is 2.82 bits per heavy atom. The first-order valence-electron chi connectivity index (χ1n) is 5.98. The smallest absolute Gasteiger partial charge is 0.129 e. The van der Waals surface area contributed by atoms with Gasteiger partial charge in [0.15, 0.2) is 0 Å². The fraction of sp³-hybridized carbons (Fsp3) is 0.538. The van der Waals surface area contributed by atoms with Gasteiger partial charge in [-0.25, -0.2) is 4.39 Å². The molecule has 1 aliphatic rings. The van der Waals surface area contributed by atoms with Gasteiger partial charge in [0.05, 0.1) is 12.7 Å². The number of nitrogens with two attached hydrogens (primary N) is 1. The molecule has 2 atom stereocenters. The molecule has 2 unspecified atom stereocenters. The lowest BCUT2D eigenvalue weighted by molar-refractivity contribution is 0.00288. The van der Waals surface area contributed by atoms with Crippen molar-refractivity contribution in [3.05, 3.63) is 34.1 Å². The summed E-state index contributed by atoms with van der Waals surface area (Å²) < 4.78 is 20.0. The summed E-state index contributed by atoms with van der Waals surface area (Å²) in [6.07, 6.45) is 4.40. The monoisotopic (exact) mass is 301 g/mol. The van der Waals surface area contributed by atoms with Crippen molar-refractivity contribution in [2.24, 2.45) is 5.73 Å². The summed E-state index contributed by atoms with van der Waals surface area (Å²) in [7, 11) is 0. The van der Waals surface area contributed by atoms with Crippen molar-refractivity contribution in [2.75, 3.05) is 0 Å². The molecule has 0 heterocycles. The number of ether oxygens (including phenoxy) is 1. The average molecular weight is 302 g/mol. The molecule has 1 saturated carbocycles. The van der Waals surface area contributed by atoms with Gasteiger partial charge in [-0.2, -0.15) is 0 Å². The van der Waals surface area contributed by atoms with Crippen LogP contribution in [0.15, 0.2) is 22.7 Å². The Kier molecular flexibility index (Phi) is 4.54. The van der Waals surface area contributed by atoms with Crippen molar-refractivity contribution >= 4 is 15.9 Å². The van der Waals surface area contributed by atoms with E-state index in [4.69, 9.17) is 10.5 Å². The molecule has 17 heavy (non-hydrogen) atoms. The van der Waals surface area contributed by atoms with Crippen molar-refractivity contribution in [1.29, 1.82) is 0 Å². The van der Waals surface area contributed by atoms with Gasteiger partial charge in [-0.1, -0.05) is 34.8 Å². The highest BCUT2D eigenvalue weighted by Crippen LogP contribution is 2.22. The Morgan fingerprint density at radius 2 is 2.12 bits per heavy atom. The second-order valence-electron chi connectivity index (χ2n) is 4.53. The van der Waals surface area contributed by atoms with Crippen molar-refractivity contribution in [3.8, 4) is 0 Å². The van der Waals surface area contributed by atoms with Crippen molar-refractivity contribution in [1.82, 2.24) is 0 Å². The number of halogens is 2. The molecule has 1 aromatic carbocycles. The topological polar surface area (TPSA) is 35.2 Å². The molecular formula is C13H17BrFNO. The number of benzene rings is 1. The van der Waals surface area contributed by atoms with Gasteiger partial charge in [0.1, 0.15) is 5.82 Å². The standard InChI is InChI=1S/C13H17BrFNO/c14-10-6-5-9(11(15)7-10)8-17-13-4-2-1-3-12(13)16/h5-7,12-13H,1-4,8,16H2. The molecular weight excluding hydrogens is 285 g/mol. The molecule has 2 rings (SSSR count). The lowest BCUT2D eigenvalue weighted by Crippen LogP contribution is -2.39. The molecule has 1 fully saturated rings. The molecule has 0 bridgehead atoms. The zero-order valence-electron chi connectivity index (χ0n) is 9.66. The van der Waals surface area contributed by atoms with Gasteiger partial charge >= 0.3 is 0 Å². The number of rotatable bonds is 3. The summed E-state index contributed by atoms with van der Waals surface area (Å²) >= 11 is 3.23. The van der Waals surface area contributed by atoms with Gasteiger partial charge in [-0.3, -0.25) is 0 Å². The van der Waals surface area contributed by atoms with Crippen LogP contribution in [0.3, 0.4) is 0 Å². The molecule has 1 aromatic rings. The van der Waals surface area contributed by atoms with Crippen LogP contribution in [0.1, 0.15) is 31.2 Å². The second kappa shape index (κ2) is 5.94. The molecule has 0 aliphatic heterocycles. The molecule has 0 amide bonds. The normalized spacial score (nSPS) is 24.9. The average Bonchev–Trinajstić information content (AvgIpc) is 2.30. The van der Waals surface area contributed by atoms with Crippen LogP contribution >= 0.6 is 15.9 Å². The predicted octanol–water partition coefficient (Wildman–Crippen LogP) is 3.37. The minimum atomic E-state index is -0.233. The van der Waals surface area contributed by atoms with E-state index in [0.717, 1.165) is 23.7 Å². The molecule has 2 N–H and O–H groups in total. The first-order chi connectivity index (χ1) is 8.16. The largest absolute Gasteiger partial charge is 0.372 e. The number of hydrogen-bond acceptors (Lipinski definition) is 2. The van der Waals surface area contributed by atoms with Crippen LogP contribution in [0, 0.1) is 5.82 Å². The quantitative estimate of drug-likeness (QED) is 0.929. The number of hydrogen-bond donors (Lipinski definition) is 1. The molecule has 94 valence electrons. The zero-order chi connectivity index (χ0) is 12.3. The van der Waals surface area contributed by atoms with E-state index >= 15 is 0 Å².